The van der Waals surface area contributed by atoms with Gasteiger partial charge < -0.3 is 0 Å². The van der Waals surface area contributed by atoms with E-state index in [-0.39, 0.29) is 30.3 Å². The molecule has 0 spiro atoms. The van der Waals surface area contributed by atoms with E-state index in [4.69, 9.17) is 0 Å². The lowest BCUT2D eigenvalue weighted by molar-refractivity contribution is -0.137. The number of benzene rings is 1. The van der Waals surface area contributed by atoms with Crippen molar-refractivity contribution in [2.24, 2.45) is 0 Å². The van der Waals surface area contributed by atoms with E-state index in [0.717, 1.165) is 17.3 Å². The van der Waals surface area contributed by atoms with Gasteiger partial charge in [0.05, 0.1) is 12.5 Å². The van der Waals surface area contributed by atoms with E-state index in [1.54, 1.807) is 7.05 Å². The van der Waals surface area contributed by atoms with Gasteiger partial charge in [0.2, 0.25) is 11.8 Å². The van der Waals surface area contributed by atoms with Crippen molar-refractivity contribution in [1.29, 1.82) is 0 Å². The van der Waals surface area contributed by atoms with E-state index in [0.29, 0.717) is 0 Å². The van der Waals surface area contributed by atoms with Crippen LogP contribution in [0.3, 0.4) is 0 Å². The van der Waals surface area contributed by atoms with Crippen LogP contribution in [0.25, 0.3) is 0 Å². The van der Waals surface area contributed by atoms with Crippen LogP contribution in [0.2, 0.25) is 0 Å². The third kappa shape index (κ3) is 2.21. The molecule has 19 heavy (non-hydrogen) atoms. The number of aryl methyl sites for hydroxylation is 1. The fourth-order valence-electron chi connectivity index (χ4n) is 2.89. The van der Waals surface area contributed by atoms with Gasteiger partial charge in [0, 0.05) is 17.6 Å². The Morgan fingerprint density at radius 1 is 1.32 bits per heavy atom. The molecule has 1 fully saturated rings. The highest BCUT2D eigenvalue weighted by Gasteiger charge is 2.38. The summed E-state index contributed by atoms with van der Waals surface area (Å²) in [7, 11) is 1.55. The maximum atomic E-state index is 11.9. The average Bonchev–Trinajstić information content (AvgIpc) is 2.87. The lowest BCUT2D eigenvalue weighted by atomic mass is 10.1. The number of likely N-dealkylation sites (N-methyl/N-ethyl adjacent to an activating group) is 1. The zero-order valence-electron chi connectivity index (χ0n) is 10.6. The average molecular weight is 323 g/mol. The highest BCUT2D eigenvalue weighted by Crippen LogP contribution is 2.33. The molecule has 0 radical (unpaired) electrons. The summed E-state index contributed by atoms with van der Waals surface area (Å²) in [5.74, 6) is -0.216. The number of carbonyl (C=O) groups excluding carboxylic acids is 2. The highest BCUT2D eigenvalue weighted by molar-refractivity contribution is 9.10. The van der Waals surface area contributed by atoms with E-state index in [1.165, 1.54) is 16.0 Å². The number of carbonyl (C=O) groups is 2. The van der Waals surface area contributed by atoms with Crippen molar-refractivity contribution in [3.63, 3.8) is 0 Å². The van der Waals surface area contributed by atoms with Crippen molar-refractivity contribution in [2.75, 3.05) is 7.05 Å². The van der Waals surface area contributed by atoms with Crippen LogP contribution in [-0.4, -0.2) is 29.8 Å². The predicted molar refractivity (Wildman–Crippen MR) is 74.5 cm³/mol. The summed E-state index contributed by atoms with van der Waals surface area (Å²) >= 11 is 3.47. The molecule has 100 valence electrons. The number of nitrogens with zero attached hydrogens (tertiary/aromatic N) is 1. The van der Waals surface area contributed by atoms with Gasteiger partial charge in [0.15, 0.2) is 0 Å². The van der Waals surface area contributed by atoms with Gasteiger partial charge in [0.25, 0.3) is 0 Å². The summed E-state index contributed by atoms with van der Waals surface area (Å²) in [6, 6.07) is 6.06. The Kier molecular flexibility index (Phi) is 3.19. The van der Waals surface area contributed by atoms with E-state index < -0.39 is 0 Å². The molecule has 4 nitrogen and oxygen atoms in total. The summed E-state index contributed by atoms with van der Waals surface area (Å²) < 4.78 is 1.08. The maximum absolute atomic E-state index is 11.9. The first-order valence-corrected chi connectivity index (χ1v) is 7.20. The van der Waals surface area contributed by atoms with Gasteiger partial charge >= 0.3 is 0 Å². The molecular formula is C14H15BrN2O2. The van der Waals surface area contributed by atoms with Crippen LogP contribution >= 0.6 is 15.9 Å². The van der Waals surface area contributed by atoms with Gasteiger partial charge in [-0.3, -0.25) is 19.8 Å². The standard InChI is InChI=1S/C14H15BrN2O2/c1-17-13(18)7-12(14(17)19)16-11-5-2-8-6-9(15)3-4-10(8)11/h3-4,6,11-12,16H,2,5,7H2,1H3. The minimum Gasteiger partial charge on any atom is -0.298 e. The second-order valence-corrected chi connectivity index (χ2v) is 6.06. The van der Waals surface area contributed by atoms with E-state index in [9.17, 15) is 9.59 Å². The van der Waals surface area contributed by atoms with Gasteiger partial charge in [-0.25, -0.2) is 0 Å². The minimum atomic E-state index is -0.364. The summed E-state index contributed by atoms with van der Waals surface area (Å²) in [5, 5.41) is 3.34. The number of amides is 2. The van der Waals surface area contributed by atoms with Crippen LogP contribution in [0.1, 0.15) is 30.0 Å². The Morgan fingerprint density at radius 2 is 2.11 bits per heavy atom. The van der Waals surface area contributed by atoms with Crippen LogP contribution in [0.4, 0.5) is 0 Å². The van der Waals surface area contributed by atoms with Crippen molar-refractivity contribution < 1.29 is 9.59 Å². The molecule has 2 aliphatic rings. The zero-order valence-corrected chi connectivity index (χ0v) is 12.2. The topological polar surface area (TPSA) is 49.4 Å². The summed E-state index contributed by atoms with van der Waals surface area (Å²) in [5.41, 5.74) is 2.56. The second-order valence-electron chi connectivity index (χ2n) is 5.15. The Bertz CT molecular complexity index is 558. The molecule has 1 N–H and O–H groups in total. The summed E-state index contributed by atoms with van der Waals surface area (Å²) in [4.78, 5) is 24.6. The Labute approximate surface area is 120 Å². The number of nitrogens with one attached hydrogen (secondary N) is 1. The number of fused-ring (bicyclic) bond motifs is 1. The lowest BCUT2D eigenvalue weighted by Gasteiger charge is -2.18. The van der Waals surface area contributed by atoms with E-state index in [1.807, 2.05) is 6.07 Å². The van der Waals surface area contributed by atoms with Crippen molar-refractivity contribution >= 4 is 27.7 Å². The van der Waals surface area contributed by atoms with Crippen molar-refractivity contribution in [3.05, 3.63) is 33.8 Å². The molecule has 3 rings (SSSR count). The molecule has 2 amide bonds. The van der Waals surface area contributed by atoms with Crippen LogP contribution in [0, 0.1) is 0 Å². The van der Waals surface area contributed by atoms with E-state index >= 15 is 0 Å². The number of hydrogen-bond donors (Lipinski definition) is 1. The van der Waals surface area contributed by atoms with Crippen molar-refractivity contribution in [2.45, 2.75) is 31.3 Å². The number of rotatable bonds is 2. The van der Waals surface area contributed by atoms with Crippen LogP contribution in [0.5, 0.6) is 0 Å². The predicted octanol–water partition coefficient (Wildman–Crippen LogP) is 1.78. The molecule has 0 aromatic heterocycles. The van der Waals surface area contributed by atoms with Crippen molar-refractivity contribution in [1.82, 2.24) is 10.2 Å². The van der Waals surface area contributed by atoms with Gasteiger partial charge in [-0.2, -0.15) is 0 Å². The first kappa shape index (κ1) is 12.8. The molecule has 1 aliphatic carbocycles. The highest BCUT2D eigenvalue weighted by atomic mass is 79.9. The first-order valence-electron chi connectivity index (χ1n) is 6.41. The molecule has 0 bridgehead atoms. The monoisotopic (exact) mass is 322 g/mol. The SMILES string of the molecule is CN1C(=O)CC(NC2CCc3cc(Br)ccc32)C1=O. The molecule has 5 heteroatoms. The zero-order chi connectivity index (χ0) is 13.6. The first-order chi connectivity index (χ1) is 9.06. The van der Waals surface area contributed by atoms with Crippen LogP contribution < -0.4 is 5.32 Å². The fraction of sp³-hybridized carbons (Fsp3) is 0.429. The second kappa shape index (κ2) is 4.72. The largest absolute Gasteiger partial charge is 0.298 e. The Balaban J connectivity index is 1.77. The molecule has 1 aliphatic heterocycles. The summed E-state index contributed by atoms with van der Waals surface area (Å²) in [6.45, 7) is 0. The molecular weight excluding hydrogens is 308 g/mol. The number of imide groups is 1. The molecule has 1 heterocycles. The molecule has 0 saturated carbocycles. The molecule has 1 aromatic rings. The molecule has 1 saturated heterocycles. The molecule has 2 atom stereocenters. The van der Waals surface area contributed by atoms with Crippen LogP contribution in [-0.2, 0) is 16.0 Å². The quantitative estimate of drug-likeness (QED) is 0.844. The lowest BCUT2D eigenvalue weighted by Crippen LogP contribution is -2.38. The molecule has 1 aromatic carbocycles. The van der Waals surface area contributed by atoms with Gasteiger partial charge in [-0.05, 0) is 36.1 Å². The fourth-order valence-corrected chi connectivity index (χ4v) is 3.30. The number of likely N-dealkylation sites (tertiary alicyclic amines) is 1. The minimum absolute atomic E-state index is 0.100. The molecule has 2 unspecified atom stereocenters. The number of hydrogen-bond acceptors (Lipinski definition) is 3. The normalized spacial score (nSPS) is 26.1. The number of halogens is 1. The third-order valence-electron chi connectivity index (χ3n) is 3.97. The smallest absolute Gasteiger partial charge is 0.246 e. The maximum Gasteiger partial charge on any atom is 0.246 e. The van der Waals surface area contributed by atoms with Gasteiger partial charge in [-0.1, -0.05) is 22.0 Å². The third-order valence-corrected chi connectivity index (χ3v) is 4.46. The van der Waals surface area contributed by atoms with Crippen molar-refractivity contribution in [3.8, 4) is 0 Å². The summed E-state index contributed by atoms with van der Waals surface area (Å²) in [6.07, 6.45) is 2.27. The van der Waals surface area contributed by atoms with Gasteiger partial charge in [0.1, 0.15) is 0 Å². The Morgan fingerprint density at radius 3 is 2.79 bits per heavy atom. The van der Waals surface area contributed by atoms with Crippen LogP contribution in [0.15, 0.2) is 22.7 Å². The van der Waals surface area contributed by atoms with Gasteiger partial charge in [-0.15, -0.1) is 0 Å². The van der Waals surface area contributed by atoms with E-state index in [2.05, 4.69) is 33.4 Å². The Hall–Kier alpha value is -1.20.